The molecule has 1 rings (SSSR count). The number of amides is 1. The Morgan fingerprint density at radius 1 is 1.29 bits per heavy atom. The smallest absolute Gasteiger partial charge is 0.223 e. The van der Waals surface area contributed by atoms with Gasteiger partial charge in [0.15, 0.2) is 5.96 Å². The molecule has 1 heterocycles. The molecule has 0 atom stereocenters. The van der Waals surface area contributed by atoms with Crippen LogP contribution in [0.1, 0.15) is 32.6 Å². The minimum absolute atomic E-state index is 0.111. The maximum Gasteiger partial charge on any atom is 0.223 e. The highest BCUT2D eigenvalue weighted by Gasteiger charge is 2.13. The summed E-state index contributed by atoms with van der Waals surface area (Å²) in [5.41, 5.74) is 0. The summed E-state index contributed by atoms with van der Waals surface area (Å²) in [5.74, 6) is 1.52. The van der Waals surface area contributed by atoms with E-state index < -0.39 is 0 Å². The van der Waals surface area contributed by atoms with Crippen molar-refractivity contribution in [2.24, 2.45) is 10.9 Å². The van der Waals surface area contributed by atoms with Gasteiger partial charge in [0.05, 0.1) is 0 Å². The van der Waals surface area contributed by atoms with Crippen LogP contribution in [0, 0.1) is 5.92 Å². The molecule has 0 unspecified atom stereocenters. The zero-order chi connectivity index (χ0) is 17.6. The molecule has 0 spiro atoms. The fraction of sp³-hybridized carbons (Fsp3) is 0.882. The fourth-order valence-electron chi connectivity index (χ4n) is 2.37. The zero-order valence-corrected chi connectivity index (χ0v) is 15.5. The van der Waals surface area contributed by atoms with E-state index >= 15 is 0 Å². The minimum Gasteiger partial charge on any atom is -0.381 e. The molecule has 0 bridgehead atoms. The lowest BCUT2D eigenvalue weighted by atomic mass is 10.0. The number of hydrogen-bond donors (Lipinski definition) is 2. The number of nitrogens with one attached hydrogen (secondary N) is 2. The second kappa shape index (κ2) is 13.0. The summed E-state index contributed by atoms with van der Waals surface area (Å²) in [6, 6.07) is 0. The van der Waals surface area contributed by atoms with Gasteiger partial charge < -0.3 is 25.0 Å². The second-order valence-corrected chi connectivity index (χ2v) is 6.21. The molecule has 7 nitrogen and oxygen atoms in total. The molecule has 2 N–H and O–H groups in total. The van der Waals surface area contributed by atoms with Crippen LogP contribution in [-0.2, 0) is 14.3 Å². The van der Waals surface area contributed by atoms with E-state index in [0.717, 1.165) is 58.2 Å². The zero-order valence-electron chi connectivity index (χ0n) is 15.5. The van der Waals surface area contributed by atoms with Crippen LogP contribution in [0.5, 0.6) is 0 Å². The minimum atomic E-state index is 0.111. The lowest BCUT2D eigenvalue weighted by molar-refractivity contribution is -0.128. The lowest BCUT2D eigenvalue weighted by Crippen LogP contribution is -2.39. The third-order valence-electron chi connectivity index (χ3n) is 3.89. The Morgan fingerprint density at radius 3 is 2.71 bits per heavy atom. The largest absolute Gasteiger partial charge is 0.381 e. The van der Waals surface area contributed by atoms with Gasteiger partial charge in [-0.15, -0.1) is 0 Å². The Balaban J connectivity index is 2.11. The van der Waals surface area contributed by atoms with Crippen LogP contribution < -0.4 is 10.6 Å². The monoisotopic (exact) mass is 342 g/mol. The first kappa shape index (κ1) is 20.7. The van der Waals surface area contributed by atoms with Gasteiger partial charge in [0.25, 0.3) is 0 Å². The van der Waals surface area contributed by atoms with Crippen LogP contribution >= 0.6 is 0 Å². The molecule has 1 aliphatic heterocycles. The van der Waals surface area contributed by atoms with Crippen molar-refractivity contribution in [3.8, 4) is 0 Å². The van der Waals surface area contributed by atoms with Crippen molar-refractivity contribution in [2.45, 2.75) is 32.6 Å². The average Bonchev–Trinajstić information content (AvgIpc) is 2.58. The van der Waals surface area contributed by atoms with Crippen LogP contribution in [0.25, 0.3) is 0 Å². The number of hydrogen-bond acceptors (Lipinski definition) is 4. The van der Waals surface area contributed by atoms with Gasteiger partial charge in [-0.1, -0.05) is 0 Å². The predicted octanol–water partition coefficient (Wildman–Crippen LogP) is 0.853. The van der Waals surface area contributed by atoms with Gasteiger partial charge in [-0.25, -0.2) is 0 Å². The molecule has 0 aliphatic carbocycles. The van der Waals surface area contributed by atoms with E-state index in [-0.39, 0.29) is 5.91 Å². The van der Waals surface area contributed by atoms with Gasteiger partial charge in [-0.05, 0) is 32.1 Å². The molecule has 0 radical (unpaired) electrons. The lowest BCUT2D eigenvalue weighted by Gasteiger charge is -2.21. The van der Waals surface area contributed by atoms with Gasteiger partial charge >= 0.3 is 0 Å². The highest BCUT2D eigenvalue weighted by atomic mass is 16.5. The first-order chi connectivity index (χ1) is 11.6. The van der Waals surface area contributed by atoms with E-state index in [9.17, 15) is 4.79 Å². The molecular weight excluding hydrogens is 308 g/mol. The van der Waals surface area contributed by atoms with Gasteiger partial charge in [0, 0.05) is 66.6 Å². The van der Waals surface area contributed by atoms with Crippen molar-refractivity contribution in [1.82, 2.24) is 15.5 Å². The first-order valence-electron chi connectivity index (χ1n) is 9.01. The first-order valence-corrected chi connectivity index (χ1v) is 9.01. The maximum atomic E-state index is 11.5. The Hall–Kier alpha value is -1.34. The third kappa shape index (κ3) is 9.72. The van der Waals surface area contributed by atoms with E-state index in [4.69, 9.17) is 9.47 Å². The number of guanidine groups is 1. The van der Waals surface area contributed by atoms with Crippen molar-refractivity contribution in [3.63, 3.8) is 0 Å². The second-order valence-electron chi connectivity index (χ2n) is 6.21. The highest BCUT2D eigenvalue weighted by molar-refractivity contribution is 5.81. The van der Waals surface area contributed by atoms with Gasteiger partial charge in [0.1, 0.15) is 0 Å². The molecule has 0 aromatic carbocycles. The normalized spacial score (nSPS) is 16.0. The average molecular weight is 342 g/mol. The molecule has 0 aromatic heterocycles. The number of aliphatic imine (C=N–C) groups is 1. The van der Waals surface area contributed by atoms with Crippen molar-refractivity contribution < 1.29 is 14.3 Å². The number of carbonyl (C=O) groups excluding carboxylic acids is 1. The fourth-order valence-corrected chi connectivity index (χ4v) is 2.37. The van der Waals surface area contributed by atoms with Crippen molar-refractivity contribution in [1.29, 1.82) is 0 Å². The number of carbonyl (C=O) groups is 1. The van der Waals surface area contributed by atoms with Crippen molar-refractivity contribution >= 4 is 11.9 Å². The summed E-state index contributed by atoms with van der Waals surface area (Å²) < 4.78 is 11.1. The quantitative estimate of drug-likeness (QED) is 0.350. The standard InChI is InChI=1S/C17H34N4O3/c1-4-18-17(20-10-6-16(22)21(2)3)19-9-5-11-24-14-15-7-12-23-13-8-15/h15H,4-14H2,1-3H3,(H2,18,19,20). The predicted molar refractivity (Wildman–Crippen MR) is 96.3 cm³/mol. The summed E-state index contributed by atoms with van der Waals surface area (Å²) in [6.07, 6.45) is 3.58. The van der Waals surface area contributed by atoms with Gasteiger partial charge in [0.2, 0.25) is 5.91 Å². The molecule has 7 heteroatoms. The molecule has 1 saturated heterocycles. The van der Waals surface area contributed by atoms with E-state index in [1.54, 1.807) is 19.0 Å². The molecular formula is C17H34N4O3. The van der Waals surface area contributed by atoms with E-state index in [2.05, 4.69) is 15.6 Å². The number of ether oxygens (including phenoxy) is 2. The third-order valence-corrected chi connectivity index (χ3v) is 3.89. The van der Waals surface area contributed by atoms with Gasteiger partial charge in [-0.2, -0.15) is 0 Å². The van der Waals surface area contributed by atoms with E-state index in [1.807, 2.05) is 6.92 Å². The summed E-state index contributed by atoms with van der Waals surface area (Å²) >= 11 is 0. The number of nitrogens with zero attached hydrogens (tertiary/aromatic N) is 2. The SMILES string of the molecule is CCNC(=NCCCOCC1CCOCC1)NCCC(=O)N(C)C. The van der Waals surface area contributed by atoms with Crippen LogP contribution in [0.2, 0.25) is 0 Å². The summed E-state index contributed by atoms with van der Waals surface area (Å²) in [6.45, 7) is 7.43. The van der Waals surface area contributed by atoms with E-state index in [1.165, 1.54) is 0 Å². The van der Waals surface area contributed by atoms with Crippen molar-refractivity contribution in [3.05, 3.63) is 0 Å². The van der Waals surface area contributed by atoms with Crippen LogP contribution in [0.3, 0.4) is 0 Å². The van der Waals surface area contributed by atoms with Crippen LogP contribution in [0.4, 0.5) is 0 Å². The summed E-state index contributed by atoms with van der Waals surface area (Å²) in [4.78, 5) is 17.7. The molecule has 0 aromatic rings. The molecule has 24 heavy (non-hydrogen) atoms. The molecule has 140 valence electrons. The summed E-state index contributed by atoms with van der Waals surface area (Å²) in [7, 11) is 3.53. The van der Waals surface area contributed by atoms with Gasteiger partial charge in [-0.3, -0.25) is 9.79 Å². The Morgan fingerprint density at radius 2 is 2.04 bits per heavy atom. The van der Waals surface area contributed by atoms with E-state index in [0.29, 0.717) is 25.4 Å². The molecule has 1 amide bonds. The molecule has 1 aliphatic rings. The topological polar surface area (TPSA) is 75.2 Å². The Bertz CT molecular complexity index is 369. The molecule has 0 saturated carbocycles. The Labute approximate surface area is 146 Å². The maximum absolute atomic E-state index is 11.5. The molecule has 1 fully saturated rings. The van der Waals surface area contributed by atoms with Crippen molar-refractivity contribution in [2.75, 3.05) is 60.2 Å². The summed E-state index contributed by atoms with van der Waals surface area (Å²) in [5, 5.41) is 6.37. The highest BCUT2D eigenvalue weighted by Crippen LogP contribution is 2.14. The number of rotatable bonds is 10. The van der Waals surface area contributed by atoms with Crippen LogP contribution in [-0.4, -0.2) is 76.9 Å². The van der Waals surface area contributed by atoms with Crippen LogP contribution in [0.15, 0.2) is 4.99 Å². The Kier molecular flexibility index (Phi) is 11.2.